The molecule has 4 aliphatic carbocycles. The van der Waals surface area contributed by atoms with Crippen molar-refractivity contribution in [2.45, 2.75) is 70.1 Å². The lowest BCUT2D eigenvalue weighted by Crippen LogP contribution is -2.48. The van der Waals surface area contributed by atoms with Gasteiger partial charge in [-0.25, -0.2) is 0 Å². The zero-order valence-electron chi connectivity index (χ0n) is 23.5. The average Bonchev–Trinajstić information content (AvgIpc) is 3.30. The maximum Gasteiger partial charge on any atom is 0.0361 e. The average molecular weight is 527 g/mol. The van der Waals surface area contributed by atoms with Crippen LogP contribution in [-0.4, -0.2) is 0 Å². The summed E-state index contributed by atoms with van der Waals surface area (Å²) >= 11 is 1.91. The minimum atomic E-state index is 0.0889. The molecule has 39 heavy (non-hydrogen) atoms. The van der Waals surface area contributed by atoms with E-state index in [2.05, 4.69) is 106 Å². The summed E-state index contributed by atoms with van der Waals surface area (Å²) < 4.78 is 2.74. The molecule has 5 aromatic rings. The number of thiophene rings is 1. The smallest absolute Gasteiger partial charge is 0.0361 e. The first-order valence-electron chi connectivity index (χ1n) is 15.0. The summed E-state index contributed by atoms with van der Waals surface area (Å²) in [7, 11) is 0. The van der Waals surface area contributed by atoms with Crippen LogP contribution in [0.4, 0.5) is 0 Å². The number of hydrogen-bond acceptors (Lipinski definition) is 1. The van der Waals surface area contributed by atoms with Crippen molar-refractivity contribution in [1.82, 2.24) is 0 Å². The summed E-state index contributed by atoms with van der Waals surface area (Å²) in [5.41, 5.74) is 8.89. The molecule has 4 aliphatic rings. The Labute approximate surface area is 237 Å². The van der Waals surface area contributed by atoms with E-state index in [9.17, 15) is 0 Å². The SMILES string of the molecule is CC(C)(C)c1cc(-c2ccc(C34CC5CC(CC(C5)C3)C4)cc2)cc(-c2ccc3c(c2)sc2ccccc23)c1. The van der Waals surface area contributed by atoms with Crippen LogP contribution in [0.1, 0.15) is 70.4 Å². The van der Waals surface area contributed by atoms with Gasteiger partial charge >= 0.3 is 0 Å². The fourth-order valence-corrected chi connectivity index (χ4v) is 9.93. The quantitative estimate of drug-likeness (QED) is 0.219. The highest BCUT2D eigenvalue weighted by molar-refractivity contribution is 7.25. The lowest BCUT2D eigenvalue weighted by molar-refractivity contribution is -0.00518. The van der Waals surface area contributed by atoms with Crippen LogP contribution in [0.25, 0.3) is 42.4 Å². The molecule has 1 aromatic heterocycles. The molecule has 0 nitrogen and oxygen atoms in total. The minimum absolute atomic E-state index is 0.0889. The summed E-state index contributed by atoms with van der Waals surface area (Å²) in [6.07, 6.45) is 8.82. The lowest BCUT2D eigenvalue weighted by Gasteiger charge is -2.57. The van der Waals surface area contributed by atoms with Gasteiger partial charge in [-0.3, -0.25) is 0 Å². The number of benzene rings is 4. The third-order valence-electron chi connectivity index (χ3n) is 10.4. The zero-order valence-corrected chi connectivity index (χ0v) is 24.3. The van der Waals surface area contributed by atoms with Gasteiger partial charge in [0.25, 0.3) is 0 Å². The number of fused-ring (bicyclic) bond motifs is 3. The lowest BCUT2D eigenvalue weighted by atomic mass is 9.48. The molecule has 0 aliphatic heterocycles. The van der Waals surface area contributed by atoms with E-state index in [0.717, 1.165) is 17.8 Å². The predicted molar refractivity (Wildman–Crippen MR) is 169 cm³/mol. The van der Waals surface area contributed by atoms with Crippen molar-refractivity contribution >= 4 is 31.5 Å². The summed E-state index contributed by atoms with van der Waals surface area (Å²) in [5, 5.41) is 2.74. The molecule has 4 aromatic carbocycles. The van der Waals surface area contributed by atoms with E-state index in [0.29, 0.717) is 5.41 Å². The van der Waals surface area contributed by atoms with Crippen LogP contribution in [0.5, 0.6) is 0 Å². The molecule has 0 spiro atoms. The molecular weight excluding hydrogens is 488 g/mol. The maximum atomic E-state index is 2.50. The second-order valence-corrected chi connectivity index (χ2v) is 15.2. The van der Waals surface area contributed by atoms with Crippen molar-refractivity contribution in [3.8, 4) is 22.3 Å². The second kappa shape index (κ2) is 8.55. The molecule has 1 heteroatoms. The third-order valence-corrected chi connectivity index (χ3v) is 11.5. The molecule has 4 bridgehead atoms. The van der Waals surface area contributed by atoms with E-state index in [1.54, 1.807) is 5.56 Å². The Hall–Kier alpha value is -2.90. The molecule has 196 valence electrons. The fraction of sp³-hybridized carbons (Fsp3) is 0.368. The highest BCUT2D eigenvalue weighted by Crippen LogP contribution is 2.60. The van der Waals surface area contributed by atoms with E-state index >= 15 is 0 Å². The van der Waals surface area contributed by atoms with Gasteiger partial charge < -0.3 is 0 Å². The Morgan fingerprint density at radius 1 is 0.590 bits per heavy atom. The van der Waals surface area contributed by atoms with E-state index in [4.69, 9.17) is 0 Å². The number of hydrogen-bond donors (Lipinski definition) is 0. The summed E-state index contributed by atoms with van der Waals surface area (Å²) in [6.45, 7) is 7.00. The van der Waals surface area contributed by atoms with E-state index in [-0.39, 0.29) is 5.41 Å². The molecule has 0 N–H and O–H groups in total. The number of rotatable bonds is 3. The second-order valence-electron chi connectivity index (χ2n) is 14.1. The Morgan fingerprint density at radius 2 is 1.18 bits per heavy atom. The minimum Gasteiger partial charge on any atom is -0.135 e. The van der Waals surface area contributed by atoms with Crippen LogP contribution in [0, 0.1) is 17.8 Å². The van der Waals surface area contributed by atoms with Crippen molar-refractivity contribution < 1.29 is 0 Å². The van der Waals surface area contributed by atoms with Gasteiger partial charge in [0, 0.05) is 20.2 Å². The Kier molecular flexibility index (Phi) is 5.25. The molecule has 4 saturated carbocycles. The van der Waals surface area contributed by atoms with Crippen LogP contribution in [0.15, 0.2) is 84.9 Å². The van der Waals surface area contributed by atoms with Crippen LogP contribution in [0.2, 0.25) is 0 Å². The normalized spacial score (nSPS) is 26.1. The maximum absolute atomic E-state index is 2.50. The van der Waals surface area contributed by atoms with Crippen molar-refractivity contribution in [2.75, 3.05) is 0 Å². The van der Waals surface area contributed by atoms with E-state index in [1.807, 2.05) is 11.3 Å². The predicted octanol–water partition coefficient (Wildman–Crippen LogP) is 11.2. The standard InChI is InChI=1S/C38H38S/c1-37(2,3)32-18-29(17-30(19-32)28-10-13-34-33-6-4-5-7-35(33)39-36(34)20-28)27-8-11-31(12-9-27)38-21-24-14-25(22-38)16-26(15-24)23-38/h4-13,17-20,24-26H,14-16,21-23H2,1-3H3. The molecule has 0 saturated heterocycles. The third kappa shape index (κ3) is 4.00. The Balaban J connectivity index is 1.19. The van der Waals surface area contributed by atoms with Crippen LogP contribution >= 0.6 is 11.3 Å². The van der Waals surface area contributed by atoms with E-state index < -0.39 is 0 Å². The molecule has 0 amide bonds. The van der Waals surface area contributed by atoms with Crippen LogP contribution in [-0.2, 0) is 10.8 Å². The van der Waals surface area contributed by atoms with Crippen molar-refractivity contribution in [2.24, 2.45) is 17.8 Å². The van der Waals surface area contributed by atoms with Crippen LogP contribution in [0.3, 0.4) is 0 Å². The van der Waals surface area contributed by atoms with E-state index in [1.165, 1.54) is 86.5 Å². The molecule has 9 rings (SSSR count). The summed E-state index contributed by atoms with van der Waals surface area (Å²) in [4.78, 5) is 0. The van der Waals surface area contributed by atoms with Gasteiger partial charge in [0.05, 0.1) is 0 Å². The van der Waals surface area contributed by atoms with Gasteiger partial charge in [0.15, 0.2) is 0 Å². The van der Waals surface area contributed by atoms with Gasteiger partial charge in [-0.2, -0.15) is 0 Å². The largest absolute Gasteiger partial charge is 0.135 e. The van der Waals surface area contributed by atoms with Gasteiger partial charge in [0.2, 0.25) is 0 Å². The first-order valence-corrected chi connectivity index (χ1v) is 15.8. The van der Waals surface area contributed by atoms with Gasteiger partial charge in [-0.1, -0.05) is 87.5 Å². The van der Waals surface area contributed by atoms with Crippen molar-refractivity contribution in [1.29, 1.82) is 0 Å². The highest BCUT2D eigenvalue weighted by Gasteiger charge is 2.51. The zero-order chi connectivity index (χ0) is 26.4. The van der Waals surface area contributed by atoms with Gasteiger partial charge in [-0.05, 0) is 119 Å². The Bertz CT molecular complexity index is 1670. The molecule has 0 atom stereocenters. The molecule has 0 unspecified atom stereocenters. The van der Waals surface area contributed by atoms with Crippen molar-refractivity contribution in [3.05, 3.63) is 96.1 Å². The molecule has 4 fully saturated rings. The first kappa shape index (κ1) is 23.9. The topological polar surface area (TPSA) is 0 Å². The highest BCUT2D eigenvalue weighted by atomic mass is 32.1. The van der Waals surface area contributed by atoms with Gasteiger partial charge in [-0.15, -0.1) is 11.3 Å². The fourth-order valence-electron chi connectivity index (χ4n) is 8.78. The summed E-state index contributed by atoms with van der Waals surface area (Å²) in [5.74, 6) is 2.96. The monoisotopic (exact) mass is 526 g/mol. The molecule has 0 radical (unpaired) electrons. The summed E-state index contributed by atoms with van der Waals surface area (Å²) in [6, 6.07) is 32.9. The molecule has 1 heterocycles. The van der Waals surface area contributed by atoms with Gasteiger partial charge in [0.1, 0.15) is 0 Å². The molecular formula is C38H38S. The van der Waals surface area contributed by atoms with Crippen molar-refractivity contribution in [3.63, 3.8) is 0 Å². The Morgan fingerprint density at radius 3 is 1.85 bits per heavy atom. The van der Waals surface area contributed by atoms with Crippen LogP contribution < -0.4 is 0 Å². The first-order chi connectivity index (χ1) is 18.8.